The van der Waals surface area contributed by atoms with E-state index >= 15 is 0 Å². The fraction of sp³-hybridized carbons (Fsp3) is 0.400. The second kappa shape index (κ2) is 7.32. The highest BCUT2D eigenvalue weighted by atomic mass is 19.1. The summed E-state index contributed by atoms with van der Waals surface area (Å²) in [7, 11) is 0. The van der Waals surface area contributed by atoms with Crippen molar-refractivity contribution in [1.82, 2.24) is 9.88 Å². The van der Waals surface area contributed by atoms with Crippen LogP contribution in [0.25, 0.3) is 0 Å². The number of nitrogens with one attached hydrogen (secondary N) is 1. The molecule has 1 aliphatic heterocycles. The van der Waals surface area contributed by atoms with Gasteiger partial charge in [-0.05, 0) is 55.5 Å². The summed E-state index contributed by atoms with van der Waals surface area (Å²) in [5.41, 5.74) is 1.62. The molecule has 0 radical (unpaired) electrons. The number of nitrogens with zero attached hydrogens (tertiary/aromatic N) is 3. The Morgan fingerprint density at radius 2 is 1.88 bits per heavy atom. The van der Waals surface area contributed by atoms with E-state index < -0.39 is 0 Å². The number of carbonyl (C=O) groups excluding carboxylic acids is 1. The molecule has 0 unspecified atom stereocenters. The zero-order chi connectivity index (χ0) is 17.9. The van der Waals surface area contributed by atoms with Crippen LogP contribution in [0, 0.1) is 5.82 Å². The van der Waals surface area contributed by atoms with Crippen LogP contribution in [0.2, 0.25) is 0 Å². The highest BCUT2D eigenvalue weighted by Gasteiger charge is 2.32. The number of pyridine rings is 1. The number of amides is 2. The molecule has 0 atom stereocenters. The Morgan fingerprint density at radius 1 is 1.15 bits per heavy atom. The van der Waals surface area contributed by atoms with Gasteiger partial charge in [-0.1, -0.05) is 12.1 Å². The number of rotatable bonds is 5. The lowest BCUT2D eigenvalue weighted by Crippen LogP contribution is -2.36. The predicted octanol–water partition coefficient (Wildman–Crippen LogP) is 4.02. The van der Waals surface area contributed by atoms with E-state index in [0.29, 0.717) is 12.2 Å². The fourth-order valence-electron chi connectivity index (χ4n) is 3.33. The summed E-state index contributed by atoms with van der Waals surface area (Å²) >= 11 is 0. The maximum Gasteiger partial charge on any atom is 0.322 e. The second-order valence-electron chi connectivity index (χ2n) is 7.01. The molecule has 1 aliphatic carbocycles. The molecule has 5 nitrogen and oxygen atoms in total. The van der Waals surface area contributed by atoms with Crippen LogP contribution in [0.4, 0.5) is 20.7 Å². The van der Waals surface area contributed by atoms with E-state index in [1.165, 1.54) is 25.0 Å². The first-order chi connectivity index (χ1) is 12.7. The van der Waals surface area contributed by atoms with Gasteiger partial charge in [0.15, 0.2) is 0 Å². The van der Waals surface area contributed by atoms with E-state index in [1.807, 2.05) is 17.0 Å². The van der Waals surface area contributed by atoms with Crippen molar-refractivity contribution >= 4 is 17.5 Å². The van der Waals surface area contributed by atoms with Crippen molar-refractivity contribution in [3.63, 3.8) is 0 Å². The number of urea groups is 1. The molecule has 2 aliphatic rings. The molecule has 1 aromatic carbocycles. The zero-order valence-corrected chi connectivity index (χ0v) is 14.7. The molecular weight excluding hydrogens is 331 g/mol. The summed E-state index contributed by atoms with van der Waals surface area (Å²) in [6.45, 7) is 2.58. The Bertz CT molecular complexity index is 752. The van der Waals surface area contributed by atoms with Crippen LogP contribution in [-0.2, 0) is 6.54 Å². The fourth-order valence-corrected chi connectivity index (χ4v) is 3.33. The Morgan fingerprint density at radius 3 is 2.50 bits per heavy atom. The average Bonchev–Trinajstić information content (AvgIpc) is 3.34. The molecule has 1 N–H and O–H groups in total. The third kappa shape index (κ3) is 3.95. The molecular formula is C20H23FN4O. The van der Waals surface area contributed by atoms with Crippen molar-refractivity contribution in [1.29, 1.82) is 0 Å². The lowest BCUT2D eigenvalue weighted by atomic mass is 10.2. The molecule has 136 valence electrons. The molecule has 2 aromatic rings. The van der Waals surface area contributed by atoms with Gasteiger partial charge in [-0.3, -0.25) is 0 Å². The van der Waals surface area contributed by atoms with Crippen LogP contribution in [0.1, 0.15) is 31.2 Å². The van der Waals surface area contributed by atoms with Gasteiger partial charge in [-0.2, -0.15) is 0 Å². The molecule has 0 spiro atoms. The Hall–Kier alpha value is -2.63. The summed E-state index contributed by atoms with van der Waals surface area (Å²) in [6.07, 6.45) is 6.16. The van der Waals surface area contributed by atoms with Gasteiger partial charge in [0.2, 0.25) is 0 Å². The number of hydrogen-bond donors (Lipinski definition) is 1. The van der Waals surface area contributed by atoms with E-state index in [2.05, 4.69) is 15.2 Å². The first-order valence-electron chi connectivity index (χ1n) is 9.22. The molecule has 1 saturated carbocycles. The van der Waals surface area contributed by atoms with Gasteiger partial charge in [0.25, 0.3) is 0 Å². The smallest absolute Gasteiger partial charge is 0.322 e. The number of hydrogen-bond acceptors (Lipinski definition) is 3. The van der Waals surface area contributed by atoms with Crippen molar-refractivity contribution in [3.8, 4) is 0 Å². The standard InChI is InChI=1S/C20H23FN4O/c21-16-5-3-15(4-6-16)14-25(18-8-9-18)20(26)23-17-7-10-19(22-13-17)24-11-1-2-12-24/h3-7,10,13,18H,1-2,8-9,11-12,14H2,(H,23,26). The van der Waals surface area contributed by atoms with E-state index in [1.54, 1.807) is 18.3 Å². The van der Waals surface area contributed by atoms with Gasteiger partial charge in [0.05, 0.1) is 11.9 Å². The molecule has 2 fully saturated rings. The molecule has 0 bridgehead atoms. The van der Waals surface area contributed by atoms with Crippen molar-refractivity contribution in [2.45, 2.75) is 38.3 Å². The van der Waals surface area contributed by atoms with E-state index in [9.17, 15) is 9.18 Å². The largest absolute Gasteiger partial charge is 0.357 e. The topological polar surface area (TPSA) is 48.5 Å². The van der Waals surface area contributed by atoms with E-state index in [0.717, 1.165) is 37.3 Å². The highest BCUT2D eigenvalue weighted by Crippen LogP contribution is 2.29. The molecule has 6 heteroatoms. The van der Waals surface area contributed by atoms with Gasteiger partial charge in [0, 0.05) is 25.7 Å². The molecule has 2 amide bonds. The van der Waals surface area contributed by atoms with Crippen LogP contribution in [0.15, 0.2) is 42.6 Å². The number of benzene rings is 1. The molecule has 1 aromatic heterocycles. The minimum atomic E-state index is -0.264. The van der Waals surface area contributed by atoms with Crippen LogP contribution in [-0.4, -0.2) is 35.0 Å². The molecule has 26 heavy (non-hydrogen) atoms. The third-order valence-corrected chi connectivity index (χ3v) is 4.94. The monoisotopic (exact) mass is 354 g/mol. The SMILES string of the molecule is O=C(Nc1ccc(N2CCCC2)nc1)N(Cc1ccc(F)cc1)C1CC1. The summed E-state index contributed by atoms with van der Waals surface area (Å²) in [4.78, 5) is 21.3. The van der Waals surface area contributed by atoms with E-state index in [4.69, 9.17) is 0 Å². The normalized spacial score (nSPS) is 16.6. The third-order valence-electron chi connectivity index (χ3n) is 4.94. The lowest BCUT2D eigenvalue weighted by Gasteiger charge is -2.23. The Balaban J connectivity index is 1.40. The zero-order valence-electron chi connectivity index (χ0n) is 14.7. The number of aromatic nitrogens is 1. The van der Waals surface area contributed by atoms with Gasteiger partial charge in [-0.15, -0.1) is 0 Å². The van der Waals surface area contributed by atoms with Crippen LogP contribution in [0.3, 0.4) is 0 Å². The van der Waals surface area contributed by atoms with Crippen molar-refractivity contribution in [2.24, 2.45) is 0 Å². The van der Waals surface area contributed by atoms with Crippen LogP contribution < -0.4 is 10.2 Å². The van der Waals surface area contributed by atoms with Gasteiger partial charge < -0.3 is 15.1 Å². The molecule has 2 heterocycles. The molecule has 1 saturated heterocycles. The molecule has 4 rings (SSSR count). The maximum absolute atomic E-state index is 13.1. The second-order valence-corrected chi connectivity index (χ2v) is 7.01. The van der Waals surface area contributed by atoms with Crippen LogP contribution in [0.5, 0.6) is 0 Å². The van der Waals surface area contributed by atoms with Gasteiger partial charge in [0.1, 0.15) is 11.6 Å². The minimum absolute atomic E-state index is 0.132. The Kier molecular flexibility index (Phi) is 4.73. The highest BCUT2D eigenvalue weighted by molar-refractivity contribution is 5.89. The first kappa shape index (κ1) is 16.8. The lowest BCUT2D eigenvalue weighted by molar-refractivity contribution is 0.206. The Labute approximate surface area is 152 Å². The summed E-state index contributed by atoms with van der Waals surface area (Å²) in [6, 6.07) is 10.3. The quantitative estimate of drug-likeness (QED) is 0.882. The maximum atomic E-state index is 13.1. The minimum Gasteiger partial charge on any atom is -0.357 e. The van der Waals surface area contributed by atoms with E-state index in [-0.39, 0.29) is 17.9 Å². The van der Waals surface area contributed by atoms with Gasteiger partial charge in [-0.25, -0.2) is 14.2 Å². The average molecular weight is 354 g/mol. The van der Waals surface area contributed by atoms with Crippen molar-refractivity contribution < 1.29 is 9.18 Å². The summed E-state index contributed by atoms with van der Waals surface area (Å²) in [5.74, 6) is 0.700. The number of carbonyl (C=O) groups is 1. The number of anilines is 2. The summed E-state index contributed by atoms with van der Waals surface area (Å²) < 4.78 is 13.1. The van der Waals surface area contributed by atoms with Gasteiger partial charge >= 0.3 is 6.03 Å². The van der Waals surface area contributed by atoms with Crippen molar-refractivity contribution in [3.05, 3.63) is 54.0 Å². The summed E-state index contributed by atoms with van der Waals surface area (Å²) in [5, 5.41) is 2.94. The number of halogens is 1. The predicted molar refractivity (Wildman–Crippen MR) is 99.7 cm³/mol. The first-order valence-corrected chi connectivity index (χ1v) is 9.22. The van der Waals surface area contributed by atoms with Crippen molar-refractivity contribution in [2.75, 3.05) is 23.3 Å². The van der Waals surface area contributed by atoms with Crippen LogP contribution >= 0.6 is 0 Å².